The number of hydrogen-bond donors (Lipinski definition) is 2. The topological polar surface area (TPSA) is 71.3 Å². The molecule has 32 heavy (non-hydrogen) atoms. The number of benzene rings is 1. The normalized spacial score (nSPS) is 15.3. The molecule has 1 aromatic carbocycles. The molecular weight excluding hydrogens is 519 g/mol. The summed E-state index contributed by atoms with van der Waals surface area (Å²) in [5.74, 6) is 2.67. The van der Waals surface area contributed by atoms with E-state index in [1.165, 1.54) is 18.4 Å². The van der Waals surface area contributed by atoms with Crippen LogP contribution in [0.4, 0.5) is 0 Å². The lowest BCUT2D eigenvalue weighted by Gasteiger charge is -2.26. The van der Waals surface area contributed by atoms with Gasteiger partial charge >= 0.3 is 0 Å². The highest BCUT2D eigenvalue weighted by Crippen LogP contribution is 2.25. The summed E-state index contributed by atoms with van der Waals surface area (Å²) in [6, 6.07) is 10.5. The number of guanidine groups is 1. The van der Waals surface area contributed by atoms with Gasteiger partial charge in [0.25, 0.3) is 0 Å². The van der Waals surface area contributed by atoms with Crippen LogP contribution in [0.2, 0.25) is 0 Å². The second kappa shape index (κ2) is 14.4. The summed E-state index contributed by atoms with van der Waals surface area (Å²) >= 11 is 0. The van der Waals surface area contributed by atoms with Gasteiger partial charge in [0.05, 0.1) is 18.9 Å². The van der Waals surface area contributed by atoms with Gasteiger partial charge in [-0.3, -0.25) is 9.89 Å². The number of rotatable bonds is 11. The Hall–Kier alpha value is -1.78. The molecule has 0 saturated carbocycles. The summed E-state index contributed by atoms with van der Waals surface area (Å²) in [7, 11) is 3.51. The zero-order valence-electron chi connectivity index (χ0n) is 19.4. The van der Waals surface area contributed by atoms with Gasteiger partial charge in [0.15, 0.2) is 5.96 Å². The summed E-state index contributed by atoms with van der Waals surface area (Å²) < 4.78 is 16.8. The van der Waals surface area contributed by atoms with Crippen LogP contribution in [0.15, 0.2) is 46.0 Å². The highest BCUT2D eigenvalue weighted by Gasteiger charge is 2.25. The van der Waals surface area contributed by atoms with Crippen molar-refractivity contribution >= 4 is 29.9 Å². The van der Waals surface area contributed by atoms with E-state index in [2.05, 4.69) is 51.7 Å². The van der Waals surface area contributed by atoms with Crippen molar-refractivity contribution in [2.45, 2.75) is 38.8 Å². The molecule has 3 rings (SSSR count). The summed E-state index contributed by atoms with van der Waals surface area (Å²) in [4.78, 5) is 6.88. The maximum absolute atomic E-state index is 6.00. The molecule has 1 aliphatic rings. The Morgan fingerprint density at radius 1 is 1.19 bits per heavy atom. The highest BCUT2D eigenvalue weighted by molar-refractivity contribution is 14.0. The Morgan fingerprint density at radius 2 is 2.00 bits per heavy atom. The van der Waals surface area contributed by atoms with Crippen molar-refractivity contribution in [1.82, 2.24) is 15.5 Å². The minimum absolute atomic E-state index is 0. The molecule has 1 aromatic heterocycles. The van der Waals surface area contributed by atoms with E-state index in [0.717, 1.165) is 49.1 Å². The zero-order valence-corrected chi connectivity index (χ0v) is 21.8. The number of aryl methyl sites for hydroxylation is 1. The van der Waals surface area contributed by atoms with Crippen LogP contribution in [0.25, 0.3) is 0 Å². The van der Waals surface area contributed by atoms with Crippen molar-refractivity contribution in [1.29, 1.82) is 0 Å². The summed E-state index contributed by atoms with van der Waals surface area (Å²) in [5.41, 5.74) is 2.29. The molecule has 2 N–H and O–H groups in total. The molecule has 0 radical (unpaired) electrons. The molecule has 8 heteroatoms. The molecule has 1 atom stereocenters. The zero-order chi connectivity index (χ0) is 21.9. The van der Waals surface area contributed by atoms with Gasteiger partial charge in [0, 0.05) is 45.8 Å². The van der Waals surface area contributed by atoms with Crippen LogP contribution in [-0.4, -0.2) is 57.9 Å². The lowest BCUT2D eigenvalue weighted by Crippen LogP contribution is -2.42. The standard InChI is InChI=1S/C24H36N4O3.HI/c1-19-9-10-20(23(16-19)31-15-7-13-29-3)17-26-24(25-2)27-18-21(22-8-6-14-30-22)28-11-4-5-12-28;/h6,8-10,14,16,21H,4-5,7,11-13,15,17-18H2,1-3H3,(H2,25,26,27);1H. The van der Waals surface area contributed by atoms with Crippen LogP contribution in [0.5, 0.6) is 5.75 Å². The molecule has 178 valence electrons. The van der Waals surface area contributed by atoms with Gasteiger partial charge in [0.2, 0.25) is 0 Å². The number of aliphatic imine (C=N–C) groups is 1. The van der Waals surface area contributed by atoms with Crippen LogP contribution >= 0.6 is 24.0 Å². The van der Waals surface area contributed by atoms with E-state index in [1.54, 1.807) is 20.4 Å². The Morgan fingerprint density at radius 3 is 2.69 bits per heavy atom. The number of halogens is 1. The Labute approximate surface area is 209 Å². The lowest BCUT2D eigenvalue weighted by molar-refractivity contribution is 0.171. The third-order valence-electron chi connectivity index (χ3n) is 5.56. The Balaban J connectivity index is 0.00000363. The maximum atomic E-state index is 6.00. The van der Waals surface area contributed by atoms with Crippen molar-refractivity contribution in [3.63, 3.8) is 0 Å². The molecular formula is C24H37IN4O3. The fraction of sp³-hybridized carbons (Fsp3) is 0.542. The summed E-state index contributed by atoms with van der Waals surface area (Å²) in [6.45, 7) is 6.99. The molecule has 7 nitrogen and oxygen atoms in total. The average Bonchev–Trinajstić information content (AvgIpc) is 3.49. The summed E-state index contributed by atoms with van der Waals surface area (Å²) in [6.07, 6.45) is 5.10. The molecule has 1 fully saturated rings. The van der Waals surface area contributed by atoms with E-state index in [0.29, 0.717) is 19.8 Å². The van der Waals surface area contributed by atoms with Crippen LogP contribution < -0.4 is 15.4 Å². The molecule has 0 bridgehead atoms. The quantitative estimate of drug-likeness (QED) is 0.188. The molecule has 1 saturated heterocycles. The van der Waals surface area contributed by atoms with Crippen molar-refractivity contribution in [2.75, 3.05) is 47.0 Å². The minimum Gasteiger partial charge on any atom is -0.493 e. The van der Waals surface area contributed by atoms with Crippen LogP contribution in [0.3, 0.4) is 0 Å². The smallest absolute Gasteiger partial charge is 0.191 e. The first-order chi connectivity index (χ1) is 15.2. The third-order valence-corrected chi connectivity index (χ3v) is 5.56. The van der Waals surface area contributed by atoms with E-state index in [9.17, 15) is 0 Å². The molecule has 1 unspecified atom stereocenters. The Kier molecular flexibility index (Phi) is 11.9. The van der Waals surface area contributed by atoms with Crippen LogP contribution in [-0.2, 0) is 11.3 Å². The van der Waals surface area contributed by atoms with Gasteiger partial charge < -0.3 is 24.5 Å². The van der Waals surface area contributed by atoms with Crippen molar-refractivity contribution in [2.24, 2.45) is 4.99 Å². The van der Waals surface area contributed by atoms with Gasteiger partial charge in [-0.15, -0.1) is 24.0 Å². The number of furan rings is 1. The SMILES string of the molecule is CN=C(NCc1ccc(C)cc1OCCCOC)NCC(c1ccco1)N1CCCC1.I. The first-order valence-corrected chi connectivity index (χ1v) is 11.1. The third kappa shape index (κ3) is 7.97. The fourth-order valence-corrected chi connectivity index (χ4v) is 3.86. The van der Waals surface area contributed by atoms with E-state index < -0.39 is 0 Å². The van der Waals surface area contributed by atoms with E-state index in [1.807, 2.05) is 6.07 Å². The van der Waals surface area contributed by atoms with Gasteiger partial charge in [-0.05, 0) is 56.6 Å². The van der Waals surface area contributed by atoms with Crippen molar-refractivity contribution in [3.05, 3.63) is 53.5 Å². The number of nitrogens with zero attached hydrogens (tertiary/aromatic N) is 2. The minimum atomic E-state index is 0. The molecule has 0 amide bonds. The highest BCUT2D eigenvalue weighted by atomic mass is 127. The molecule has 0 aliphatic carbocycles. The predicted octanol–water partition coefficient (Wildman–Crippen LogP) is 4.12. The van der Waals surface area contributed by atoms with Gasteiger partial charge in [-0.25, -0.2) is 0 Å². The number of methoxy groups -OCH3 is 1. The van der Waals surface area contributed by atoms with E-state index >= 15 is 0 Å². The fourth-order valence-electron chi connectivity index (χ4n) is 3.86. The summed E-state index contributed by atoms with van der Waals surface area (Å²) in [5, 5.41) is 6.90. The second-order valence-electron chi connectivity index (χ2n) is 7.89. The van der Waals surface area contributed by atoms with Crippen molar-refractivity contribution < 1.29 is 13.9 Å². The predicted molar refractivity (Wildman–Crippen MR) is 139 cm³/mol. The number of hydrogen-bond acceptors (Lipinski definition) is 5. The molecule has 0 spiro atoms. The lowest BCUT2D eigenvalue weighted by atomic mass is 10.1. The maximum Gasteiger partial charge on any atom is 0.191 e. The molecule has 1 aliphatic heterocycles. The van der Waals surface area contributed by atoms with Gasteiger partial charge in [-0.1, -0.05) is 12.1 Å². The first kappa shape index (κ1) is 26.5. The largest absolute Gasteiger partial charge is 0.493 e. The number of nitrogens with one attached hydrogen (secondary N) is 2. The first-order valence-electron chi connectivity index (χ1n) is 11.1. The van der Waals surface area contributed by atoms with Crippen LogP contribution in [0.1, 0.15) is 42.2 Å². The van der Waals surface area contributed by atoms with Crippen LogP contribution in [0, 0.1) is 6.92 Å². The average molecular weight is 556 g/mol. The Bertz CT molecular complexity index is 808. The van der Waals surface area contributed by atoms with Gasteiger partial charge in [0.1, 0.15) is 11.5 Å². The molecule has 2 aromatic rings. The van der Waals surface area contributed by atoms with E-state index in [-0.39, 0.29) is 30.0 Å². The number of ether oxygens (including phenoxy) is 2. The second-order valence-corrected chi connectivity index (χ2v) is 7.89. The van der Waals surface area contributed by atoms with Crippen molar-refractivity contribution in [3.8, 4) is 5.75 Å². The number of likely N-dealkylation sites (tertiary alicyclic amines) is 1. The van der Waals surface area contributed by atoms with Gasteiger partial charge in [-0.2, -0.15) is 0 Å². The van der Waals surface area contributed by atoms with E-state index in [4.69, 9.17) is 13.9 Å². The molecule has 2 heterocycles. The monoisotopic (exact) mass is 556 g/mol.